The molecule has 0 radical (unpaired) electrons. The second kappa shape index (κ2) is 8.32. The van der Waals surface area contributed by atoms with Gasteiger partial charge in [-0.2, -0.15) is 0 Å². The summed E-state index contributed by atoms with van der Waals surface area (Å²) in [6.45, 7) is 0.116. The molecule has 0 fully saturated rings. The maximum atomic E-state index is 4.63. The van der Waals surface area contributed by atoms with Crippen LogP contribution in [0.2, 0.25) is 0 Å². The first-order valence-electron chi connectivity index (χ1n) is 13.1. The molecule has 8 rings (SSSR count). The first kappa shape index (κ1) is 21.2. The van der Waals surface area contributed by atoms with Gasteiger partial charge in [0.1, 0.15) is 0 Å². The van der Waals surface area contributed by atoms with Crippen molar-refractivity contribution in [3.63, 3.8) is 0 Å². The fraction of sp³-hybridized carbons (Fsp3) is 0. The number of pyridine rings is 1. The molecule has 0 bridgehead atoms. The van der Waals surface area contributed by atoms with Gasteiger partial charge in [-0.05, 0) is 69.6 Å². The predicted octanol–water partition coefficient (Wildman–Crippen LogP) is 7.32. The molecule has 176 valence electrons. The number of hydrogen-bond acceptors (Lipinski definition) is 2. The summed E-state index contributed by atoms with van der Waals surface area (Å²) in [6.07, 6.45) is 1.86. The molecule has 38 heavy (non-hydrogen) atoms. The van der Waals surface area contributed by atoms with Crippen LogP contribution in [0.3, 0.4) is 0 Å². The second-order valence-corrected chi connectivity index (χ2v) is 9.99. The summed E-state index contributed by atoms with van der Waals surface area (Å²) in [7, 11) is 0. The number of hydrogen-bond donors (Lipinski definition) is 0. The predicted molar refractivity (Wildman–Crippen MR) is 160 cm³/mol. The summed E-state index contributed by atoms with van der Waals surface area (Å²) in [5.41, 5.74) is 14.9. The Labute approximate surface area is 223 Å². The summed E-state index contributed by atoms with van der Waals surface area (Å²) in [4.78, 5) is 7.17. The first-order valence-corrected chi connectivity index (χ1v) is 13.1. The van der Waals surface area contributed by atoms with Gasteiger partial charge in [0, 0.05) is 34.3 Å². The van der Waals surface area contributed by atoms with E-state index >= 15 is 0 Å². The van der Waals surface area contributed by atoms with Crippen molar-refractivity contribution in [2.24, 2.45) is 0 Å². The van der Waals surface area contributed by atoms with Gasteiger partial charge in [0.25, 0.3) is 0 Å². The van der Waals surface area contributed by atoms with E-state index in [-0.39, 0.29) is 6.85 Å². The molecule has 0 saturated heterocycles. The Morgan fingerprint density at radius 1 is 0.447 bits per heavy atom. The standard InChI is InChI=1S/C35H23BN2/c1-2-10-24(11-3-1)25-17-19-34-29(22-25)27-12-4-6-14-31(27)36-32-15-7-5-13-28(32)30-23-26(18-20-35(30)38(34)36)33-16-8-9-21-37-33/h1-23H. The van der Waals surface area contributed by atoms with E-state index in [1.54, 1.807) is 0 Å². The van der Waals surface area contributed by atoms with Gasteiger partial charge in [-0.15, -0.1) is 0 Å². The van der Waals surface area contributed by atoms with Crippen LogP contribution in [0.25, 0.3) is 44.6 Å². The quantitative estimate of drug-likeness (QED) is 0.241. The fourth-order valence-electron chi connectivity index (χ4n) is 6.24. The van der Waals surface area contributed by atoms with Crippen molar-refractivity contribution in [3.8, 4) is 44.6 Å². The Morgan fingerprint density at radius 3 is 1.68 bits per heavy atom. The van der Waals surface area contributed by atoms with Gasteiger partial charge in [-0.25, -0.2) is 0 Å². The Morgan fingerprint density at radius 2 is 1.03 bits per heavy atom. The molecule has 2 aliphatic heterocycles. The normalized spacial score (nSPS) is 12.6. The number of rotatable bonds is 2. The lowest BCUT2D eigenvalue weighted by Crippen LogP contribution is -2.59. The minimum atomic E-state index is 0.116. The molecule has 0 unspecified atom stereocenters. The molecule has 3 heterocycles. The largest absolute Gasteiger partial charge is 0.376 e. The Bertz CT molecular complexity index is 1690. The van der Waals surface area contributed by atoms with Crippen molar-refractivity contribution >= 4 is 29.1 Å². The van der Waals surface area contributed by atoms with Crippen LogP contribution < -0.4 is 15.7 Å². The Balaban J connectivity index is 1.40. The summed E-state index contributed by atoms with van der Waals surface area (Å²) >= 11 is 0. The zero-order chi connectivity index (χ0) is 25.1. The molecule has 5 aromatic carbocycles. The van der Waals surface area contributed by atoms with E-state index in [9.17, 15) is 0 Å². The molecule has 3 heteroatoms. The van der Waals surface area contributed by atoms with Gasteiger partial charge in [-0.1, -0.05) is 97.1 Å². The zero-order valence-corrected chi connectivity index (χ0v) is 20.8. The highest BCUT2D eigenvalue weighted by atomic mass is 15.1. The molecule has 0 saturated carbocycles. The van der Waals surface area contributed by atoms with Crippen LogP contribution >= 0.6 is 0 Å². The number of benzene rings is 5. The van der Waals surface area contributed by atoms with Crippen molar-refractivity contribution in [3.05, 3.63) is 140 Å². The van der Waals surface area contributed by atoms with E-state index in [1.807, 2.05) is 18.3 Å². The van der Waals surface area contributed by atoms with Gasteiger partial charge < -0.3 is 4.81 Å². The van der Waals surface area contributed by atoms with Crippen LogP contribution in [0.5, 0.6) is 0 Å². The number of aromatic nitrogens is 1. The average Bonchev–Trinajstić information content (AvgIpc) is 3.01. The van der Waals surface area contributed by atoms with E-state index < -0.39 is 0 Å². The van der Waals surface area contributed by atoms with E-state index in [2.05, 4.69) is 131 Å². The summed E-state index contributed by atoms with van der Waals surface area (Å²) in [5, 5.41) is 0. The van der Waals surface area contributed by atoms with Crippen LogP contribution in [-0.2, 0) is 0 Å². The highest BCUT2D eigenvalue weighted by Crippen LogP contribution is 2.47. The molecule has 1 aromatic heterocycles. The van der Waals surface area contributed by atoms with Gasteiger partial charge in [0.2, 0.25) is 0 Å². The van der Waals surface area contributed by atoms with Crippen molar-refractivity contribution in [1.82, 2.24) is 4.98 Å². The third kappa shape index (κ3) is 3.12. The Kier molecular flexibility index (Phi) is 4.65. The fourth-order valence-corrected chi connectivity index (χ4v) is 6.24. The molecular weight excluding hydrogens is 459 g/mol. The molecule has 0 amide bonds. The number of fused-ring (bicyclic) bond motifs is 11. The monoisotopic (exact) mass is 482 g/mol. The maximum Gasteiger partial charge on any atom is 0.329 e. The smallest absolute Gasteiger partial charge is 0.329 e. The molecule has 2 aliphatic rings. The summed E-state index contributed by atoms with van der Waals surface area (Å²) < 4.78 is 0. The van der Waals surface area contributed by atoms with E-state index in [0.717, 1.165) is 11.3 Å². The maximum absolute atomic E-state index is 4.63. The molecule has 0 aliphatic carbocycles. The third-order valence-corrected chi connectivity index (χ3v) is 7.93. The SMILES string of the molecule is c1ccc(-c2ccc3c(c2)-c2ccccc2B2c4ccccc4-c4cc(-c5ccccn5)ccc4N23)cc1. The van der Waals surface area contributed by atoms with Crippen LogP contribution in [0.15, 0.2) is 140 Å². The molecule has 0 atom stereocenters. The van der Waals surface area contributed by atoms with E-state index in [0.29, 0.717) is 0 Å². The second-order valence-electron chi connectivity index (χ2n) is 9.99. The topological polar surface area (TPSA) is 16.1 Å². The van der Waals surface area contributed by atoms with Crippen LogP contribution in [0, 0.1) is 0 Å². The lowest BCUT2D eigenvalue weighted by atomic mass is 9.43. The van der Waals surface area contributed by atoms with Gasteiger partial charge in [0.05, 0.1) is 5.69 Å². The van der Waals surface area contributed by atoms with Crippen molar-refractivity contribution < 1.29 is 0 Å². The molecule has 2 nitrogen and oxygen atoms in total. The lowest BCUT2D eigenvalue weighted by Gasteiger charge is -2.43. The van der Waals surface area contributed by atoms with Gasteiger partial charge in [-0.3, -0.25) is 4.98 Å². The summed E-state index contributed by atoms with van der Waals surface area (Å²) in [6, 6.07) is 48.3. The van der Waals surface area contributed by atoms with Gasteiger partial charge in [0.15, 0.2) is 0 Å². The van der Waals surface area contributed by atoms with Crippen molar-refractivity contribution in [1.29, 1.82) is 0 Å². The lowest BCUT2D eigenvalue weighted by molar-refractivity contribution is 1.31. The van der Waals surface area contributed by atoms with Crippen LogP contribution in [0.1, 0.15) is 0 Å². The Hall–Kier alpha value is -4.89. The third-order valence-electron chi connectivity index (χ3n) is 7.93. The molecular formula is C35H23BN2. The zero-order valence-electron chi connectivity index (χ0n) is 20.8. The highest BCUT2D eigenvalue weighted by Gasteiger charge is 2.42. The van der Waals surface area contributed by atoms with E-state index in [4.69, 9.17) is 0 Å². The van der Waals surface area contributed by atoms with Crippen LogP contribution in [0.4, 0.5) is 11.4 Å². The highest BCUT2D eigenvalue weighted by molar-refractivity contribution is 6.92. The minimum absolute atomic E-state index is 0.116. The van der Waals surface area contributed by atoms with Crippen LogP contribution in [-0.4, -0.2) is 11.8 Å². The number of nitrogens with zero attached hydrogens (tertiary/aromatic N) is 2. The van der Waals surface area contributed by atoms with Crippen molar-refractivity contribution in [2.45, 2.75) is 0 Å². The molecule has 0 spiro atoms. The average molecular weight is 482 g/mol. The number of anilines is 2. The van der Waals surface area contributed by atoms with Gasteiger partial charge >= 0.3 is 6.85 Å². The van der Waals surface area contributed by atoms with E-state index in [1.165, 1.54) is 55.7 Å². The first-order chi connectivity index (χ1) is 18.9. The molecule has 6 aromatic rings. The van der Waals surface area contributed by atoms with Crippen molar-refractivity contribution in [2.75, 3.05) is 4.81 Å². The molecule has 0 N–H and O–H groups in total. The minimum Gasteiger partial charge on any atom is -0.376 e. The summed E-state index contributed by atoms with van der Waals surface area (Å²) in [5.74, 6) is 0.